The minimum absolute atomic E-state index is 0.0413. The predicted octanol–water partition coefficient (Wildman–Crippen LogP) is 1.43. The number of nitrogens with zero attached hydrogens (tertiary/aromatic N) is 2. The van der Waals surface area contributed by atoms with Gasteiger partial charge in [0, 0.05) is 19.0 Å². The van der Waals surface area contributed by atoms with E-state index in [0.717, 1.165) is 4.31 Å². The predicted molar refractivity (Wildman–Crippen MR) is 85.9 cm³/mol. The molecule has 112 valence electrons. The number of benzene rings is 1. The molecule has 0 bridgehead atoms. The maximum absolute atomic E-state index is 12.6. The van der Waals surface area contributed by atoms with Crippen molar-refractivity contribution in [1.82, 2.24) is 9.97 Å². The number of aryl methyl sites for hydroxylation is 1. The van der Waals surface area contributed by atoms with Crippen molar-refractivity contribution in [1.29, 1.82) is 0 Å². The zero-order valence-electron chi connectivity index (χ0n) is 11.7. The summed E-state index contributed by atoms with van der Waals surface area (Å²) >= 11 is 4.97. The first kappa shape index (κ1) is 15.5. The molecule has 2 rings (SSSR count). The van der Waals surface area contributed by atoms with Gasteiger partial charge in [0.1, 0.15) is 10.8 Å². The summed E-state index contributed by atoms with van der Waals surface area (Å²) in [6.45, 7) is 1.89. The molecule has 1 heterocycles. The van der Waals surface area contributed by atoms with E-state index in [0.29, 0.717) is 23.5 Å². The number of thiocarbonyl (C=S) groups is 1. The molecule has 0 aliphatic heterocycles. The van der Waals surface area contributed by atoms with E-state index in [1.165, 1.54) is 13.2 Å². The van der Waals surface area contributed by atoms with Crippen LogP contribution in [0.1, 0.15) is 18.3 Å². The number of anilines is 1. The molecule has 0 atom stereocenters. The summed E-state index contributed by atoms with van der Waals surface area (Å²) in [7, 11) is -2.28. The van der Waals surface area contributed by atoms with Gasteiger partial charge in [-0.3, -0.25) is 4.31 Å². The number of sulfonamides is 1. The lowest BCUT2D eigenvalue weighted by Crippen LogP contribution is -2.29. The summed E-state index contributed by atoms with van der Waals surface area (Å²) in [6, 6.07) is 6.83. The van der Waals surface area contributed by atoms with E-state index in [1.807, 2.05) is 6.92 Å². The summed E-state index contributed by atoms with van der Waals surface area (Å²) in [6.07, 6.45) is 1.94. The first-order chi connectivity index (χ1) is 9.87. The number of rotatable bonds is 5. The van der Waals surface area contributed by atoms with Gasteiger partial charge in [-0.05, 0) is 12.1 Å². The van der Waals surface area contributed by atoms with Crippen LogP contribution in [0.25, 0.3) is 0 Å². The van der Waals surface area contributed by atoms with Crippen LogP contribution in [0.4, 0.5) is 5.69 Å². The zero-order valence-corrected chi connectivity index (χ0v) is 13.3. The Hall–Kier alpha value is -1.93. The second kappa shape index (κ2) is 5.82. The van der Waals surface area contributed by atoms with Crippen LogP contribution in [0, 0.1) is 0 Å². The van der Waals surface area contributed by atoms with Crippen molar-refractivity contribution in [2.45, 2.75) is 18.4 Å². The highest BCUT2D eigenvalue weighted by Crippen LogP contribution is 2.24. The van der Waals surface area contributed by atoms with Crippen LogP contribution in [-0.4, -0.2) is 30.4 Å². The molecule has 0 amide bonds. The molecule has 0 saturated carbocycles. The monoisotopic (exact) mass is 324 g/mol. The number of H-pyrrole nitrogens is 1. The van der Waals surface area contributed by atoms with Crippen LogP contribution in [0.5, 0.6) is 0 Å². The highest BCUT2D eigenvalue weighted by Gasteiger charge is 2.25. The van der Waals surface area contributed by atoms with Crippen LogP contribution in [0.2, 0.25) is 0 Å². The molecular weight excluding hydrogens is 308 g/mol. The Morgan fingerprint density at radius 3 is 2.67 bits per heavy atom. The van der Waals surface area contributed by atoms with Crippen molar-refractivity contribution in [3.8, 4) is 0 Å². The van der Waals surface area contributed by atoms with Crippen LogP contribution in [0.3, 0.4) is 0 Å². The van der Waals surface area contributed by atoms with Crippen molar-refractivity contribution in [3.63, 3.8) is 0 Å². The molecular formula is C13H16N4O2S2. The molecule has 1 aromatic carbocycles. The zero-order chi connectivity index (χ0) is 15.6. The molecule has 3 N–H and O–H groups in total. The van der Waals surface area contributed by atoms with Crippen LogP contribution in [0.15, 0.2) is 35.5 Å². The molecule has 2 aromatic rings. The van der Waals surface area contributed by atoms with Gasteiger partial charge in [0.05, 0.1) is 11.9 Å². The fraction of sp³-hybridized carbons (Fsp3) is 0.231. The lowest BCUT2D eigenvalue weighted by Gasteiger charge is -2.21. The molecule has 0 fully saturated rings. The maximum Gasteiger partial charge on any atom is 0.281 e. The molecule has 8 heteroatoms. The topological polar surface area (TPSA) is 92.1 Å². The Bertz CT molecular complexity index is 768. The van der Waals surface area contributed by atoms with E-state index >= 15 is 0 Å². The lowest BCUT2D eigenvalue weighted by atomic mass is 10.2. The number of hydrogen-bond acceptors (Lipinski definition) is 4. The van der Waals surface area contributed by atoms with E-state index < -0.39 is 10.0 Å². The molecule has 0 spiro atoms. The molecule has 0 radical (unpaired) electrons. The number of para-hydroxylation sites is 1. The lowest BCUT2D eigenvalue weighted by molar-refractivity contribution is 0.591. The number of imidazole rings is 1. The first-order valence-corrected chi connectivity index (χ1v) is 8.14. The summed E-state index contributed by atoms with van der Waals surface area (Å²) in [5, 5.41) is 0.0413. The van der Waals surface area contributed by atoms with Crippen molar-refractivity contribution in [2.24, 2.45) is 5.73 Å². The van der Waals surface area contributed by atoms with Gasteiger partial charge in [-0.15, -0.1) is 0 Å². The quantitative estimate of drug-likeness (QED) is 0.812. The highest BCUT2D eigenvalue weighted by atomic mass is 32.2. The smallest absolute Gasteiger partial charge is 0.281 e. The minimum Gasteiger partial charge on any atom is -0.389 e. The third kappa shape index (κ3) is 2.91. The van der Waals surface area contributed by atoms with Crippen molar-refractivity contribution < 1.29 is 8.42 Å². The largest absolute Gasteiger partial charge is 0.389 e. The first-order valence-electron chi connectivity index (χ1n) is 6.29. The van der Waals surface area contributed by atoms with E-state index in [9.17, 15) is 8.42 Å². The van der Waals surface area contributed by atoms with Crippen molar-refractivity contribution >= 4 is 32.9 Å². The second-order valence-electron chi connectivity index (χ2n) is 4.40. The third-order valence-corrected chi connectivity index (χ3v) is 4.99. The Morgan fingerprint density at radius 2 is 2.10 bits per heavy atom. The van der Waals surface area contributed by atoms with Crippen LogP contribution in [-0.2, 0) is 16.4 Å². The van der Waals surface area contributed by atoms with Gasteiger partial charge in [-0.1, -0.05) is 31.3 Å². The fourth-order valence-corrected chi connectivity index (χ4v) is 3.21. The number of nitrogens with one attached hydrogen (secondary N) is 1. The Morgan fingerprint density at radius 1 is 1.43 bits per heavy atom. The van der Waals surface area contributed by atoms with E-state index in [1.54, 1.807) is 24.3 Å². The van der Waals surface area contributed by atoms with Gasteiger partial charge in [0.25, 0.3) is 10.0 Å². The molecule has 0 unspecified atom stereocenters. The van der Waals surface area contributed by atoms with Crippen LogP contribution < -0.4 is 10.0 Å². The van der Waals surface area contributed by atoms with Crippen molar-refractivity contribution in [2.75, 3.05) is 11.4 Å². The van der Waals surface area contributed by atoms with Gasteiger partial charge in [-0.25, -0.2) is 4.98 Å². The third-order valence-electron chi connectivity index (χ3n) is 3.09. The molecule has 0 saturated heterocycles. The number of nitrogens with two attached hydrogens (primary N) is 1. The summed E-state index contributed by atoms with van der Waals surface area (Å²) < 4.78 is 26.4. The molecule has 6 nitrogen and oxygen atoms in total. The standard InChI is InChI=1S/C13H16N4O2S2/c1-3-11-15-8-12(16-11)21(18,19)17(2)10-7-5-4-6-9(10)13(14)20/h4-8H,3H2,1-2H3,(H2,14,20)(H,15,16). The molecule has 21 heavy (non-hydrogen) atoms. The fourth-order valence-electron chi connectivity index (χ4n) is 1.89. The van der Waals surface area contributed by atoms with Gasteiger partial charge < -0.3 is 10.7 Å². The normalized spacial score (nSPS) is 11.3. The SMILES string of the molecule is CCc1ncc(S(=O)(=O)N(C)c2ccccc2C(N)=S)[nH]1. The Kier molecular flexibility index (Phi) is 4.29. The molecule has 1 aromatic heterocycles. The Labute approximate surface area is 129 Å². The second-order valence-corrected chi connectivity index (χ2v) is 6.78. The van der Waals surface area contributed by atoms with E-state index in [-0.39, 0.29) is 10.0 Å². The summed E-state index contributed by atoms with van der Waals surface area (Å²) in [4.78, 5) is 6.97. The highest BCUT2D eigenvalue weighted by molar-refractivity contribution is 7.92. The molecule has 0 aliphatic carbocycles. The van der Waals surface area contributed by atoms with Gasteiger partial charge in [0.15, 0.2) is 5.03 Å². The van der Waals surface area contributed by atoms with Gasteiger partial charge >= 0.3 is 0 Å². The maximum atomic E-state index is 12.6. The number of aromatic nitrogens is 2. The number of hydrogen-bond donors (Lipinski definition) is 2. The Balaban J connectivity index is 2.48. The van der Waals surface area contributed by atoms with Crippen molar-refractivity contribution in [3.05, 3.63) is 41.9 Å². The van der Waals surface area contributed by atoms with E-state index in [4.69, 9.17) is 18.0 Å². The van der Waals surface area contributed by atoms with E-state index in [2.05, 4.69) is 9.97 Å². The van der Waals surface area contributed by atoms with Crippen LogP contribution >= 0.6 is 12.2 Å². The number of aromatic amines is 1. The van der Waals surface area contributed by atoms with Gasteiger partial charge in [-0.2, -0.15) is 8.42 Å². The van der Waals surface area contributed by atoms with Gasteiger partial charge in [0.2, 0.25) is 0 Å². The average Bonchev–Trinajstić information content (AvgIpc) is 2.96. The summed E-state index contributed by atoms with van der Waals surface area (Å²) in [5.74, 6) is 0.615. The summed E-state index contributed by atoms with van der Waals surface area (Å²) in [5.41, 5.74) is 6.59. The molecule has 0 aliphatic rings. The average molecular weight is 324 g/mol. The minimum atomic E-state index is -3.74.